The second-order valence-corrected chi connectivity index (χ2v) is 4.99. The molecule has 0 atom stereocenters. The van der Waals surface area contributed by atoms with E-state index in [1.165, 1.54) is 25.1 Å². The highest BCUT2D eigenvalue weighted by Gasteiger charge is 2.15. The van der Waals surface area contributed by atoms with Gasteiger partial charge in [0, 0.05) is 5.69 Å². The highest BCUT2D eigenvalue weighted by molar-refractivity contribution is 7.89. The number of aliphatic hydroxyl groups is 1. The van der Waals surface area contributed by atoms with Gasteiger partial charge in [0.2, 0.25) is 10.0 Å². The average molecular weight is 274 g/mol. The number of ether oxygens (including phenoxy) is 1. The number of carbonyl (C=O) groups excluding carboxylic acids is 1. The molecule has 1 amide bonds. The zero-order valence-corrected chi connectivity index (χ0v) is 10.5. The van der Waals surface area contributed by atoms with Gasteiger partial charge in [0.15, 0.2) is 0 Å². The lowest BCUT2D eigenvalue weighted by Crippen LogP contribution is -2.18. The summed E-state index contributed by atoms with van der Waals surface area (Å²) < 4.78 is 27.1. The first-order chi connectivity index (χ1) is 8.36. The Bertz CT molecular complexity index is 541. The van der Waals surface area contributed by atoms with Crippen molar-refractivity contribution in [3.8, 4) is 0 Å². The zero-order valence-electron chi connectivity index (χ0n) is 9.71. The molecule has 0 fully saturated rings. The molecule has 0 saturated carbocycles. The minimum Gasteiger partial charge on any atom is -0.447 e. The van der Waals surface area contributed by atoms with Crippen molar-refractivity contribution < 1.29 is 23.1 Å². The van der Waals surface area contributed by atoms with Crippen LogP contribution in [0.15, 0.2) is 23.1 Å². The summed E-state index contributed by atoms with van der Waals surface area (Å²) in [5, 5.41) is 15.9. The van der Waals surface area contributed by atoms with E-state index in [0.29, 0.717) is 5.56 Å². The molecule has 0 aromatic heterocycles. The molecule has 1 aromatic rings. The second kappa shape index (κ2) is 5.80. The average Bonchev–Trinajstić information content (AvgIpc) is 2.27. The SMILES string of the molecule is Cc1c(NC(=O)OCCO)cccc1S(N)(=O)=O. The van der Waals surface area contributed by atoms with Gasteiger partial charge in [-0.3, -0.25) is 5.32 Å². The molecule has 8 heteroatoms. The number of nitrogens with one attached hydrogen (secondary N) is 1. The number of anilines is 1. The van der Waals surface area contributed by atoms with Crippen LogP contribution in [0.5, 0.6) is 0 Å². The molecule has 0 unspecified atom stereocenters. The van der Waals surface area contributed by atoms with E-state index in [9.17, 15) is 13.2 Å². The number of hydrogen-bond donors (Lipinski definition) is 3. The first-order valence-corrected chi connectivity index (χ1v) is 6.58. The molecule has 1 rings (SSSR count). The number of carbonyl (C=O) groups is 1. The Morgan fingerprint density at radius 1 is 1.50 bits per heavy atom. The first kappa shape index (κ1) is 14.4. The Kier molecular flexibility index (Phi) is 4.65. The Morgan fingerprint density at radius 2 is 2.17 bits per heavy atom. The van der Waals surface area contributed by atoms with Crippen molar-refractivity contribution in [3.63, 3.8) is 0 Å². The fourth-order valence-corrected chi connectivity index (χ4v) is 2.15. The van der Waals surface area contributed by atoms with E-state index in [-0.39, 0.29) is 23.8 Å². The zero-order chi connectivity index (χ0) is 13.8. The van der Waals surface area contributed by atoms with Crippen molar-refractivity contribution in [1.29, 1.82) is 0 Å². The Morgan fingerprint density at radius 3 is 2.72 bits per heavy atom. The van der Waals surface area contributed by atoms with Crippen molar-refractivity contribution in [3.05, 3.63) is 23.8 Å². The predicted molar refractivity (Wildman–Crippen MR) is 64.6 cm³/mol. The molecular weight excluding hydrogens is 260 g/mol. The highest BCUT2D eigenvalue weighted by atomic mass is 32.2. The van der Waals surface area contributed by atoms with Crippen LogP contribution in [0.2, 0.25) is 0 Å². The molecule has 0 aliphatic heterocycles. The molecule has 0 saturated heterocycles. The minimum atomic E-state index is -3.84. The van der Waals surface area contributed by atoms with E-state index in [4.69, 9.17) is 10.2 Å². The van der Waals surface area contributed by atoms with Crippen molar-refractivity contribution in [2.24, 2.45) is 5.14 Å². The van der Waals surface area contributed by atoms with Crippen LogP contribution in [0.25, 0.3) is 0 Å². The van der Waals surface area contributed by atoms with Gasteiger partial charge in [-0.15, -0.1) is 0 Å². The maximum absolute atomic E-state index is 11.3. The first-order valence-electron chi connectivity index (χ1n) is 5.03. The van der Waals surface area contributed by atoms with E-state index >= 15 is 0 Å². The van der Waals surface area contributed by atoms with Crippen LogP contribution in [0.1, 0.15) is 5.56 Å². The lowest BCUT2D eigenvalue weighted by atomic mass is 10.2. The van der Waals surface area contributed by atoms with Crippen LogP contribution in [0, 0.1) is 6.92 Å². The normalized spacial score (nSPS) is 11.1. The third-order valence-corrected chi connectivity index (χ3v) is 3.21. The number of hydrogen-bond acceptors (Lipinski definition) is 5. The quantitative estimate of drug-likeness (QED) is 0.723. The predicted octanol–water partition coefficient (Wildman–Crippen LogP) is 0.183. The topological polar surface area (TPSA) is 119 Å². The van der Waals surface area contributed by atoms with Crippen LogP contribution >= 0.6 is 0 Å². The fraction of sp³-hybridized carbons (Fsp3) is 0.300. The van der Waals surface area contributed by atoms with Crippen LogP contribution in [-0.4, -0.2) is 32.8 Å². The standard InChI is InChI=1S/C10H14N2O5S/c1-7-8(12-10(14)17-6-5-13)3-2-4-9(7)18(11,15)16/h2-4,13H,5-6H2,1H3,(H,12,14)(H2,11,15,16). The summed E-state index contributed by atoms with van der Waals surface area (Å²) in [6, 6.07) is 4.31. The molecule has 7 nitrogen and oxygen atoms in total. The monoisotopic (exact) mass is 274 g/mol. The number of benzene rings is 1. The lowest BCUT2D eigenvalue weighted by molar-refractivity contribution is 0.131. The maximum atomic E-state index is 11.3. The summed E-state index contributed by atoms with van der Waals surface area (Å²) in [4.78, 5) is 11.2. The molecule has 0 radical (unpaired) electrons. The van der Waals surface area contributed by atoms with Gasteiger partial charge >= 0.3 is 6.09 Å². The van der Waals surface area contributed by atoms with Gasteiger partial charge in [0.1, 0.15) is 6.61 Å². The Labute approximate surface area is 105 Å². The van der Waals surface area contributed by atoms with Gasteiger partial charge in [-0.05, 0) is 24.6 Å². The van der Waals surface area contributed by atoms with Crippen LogP contribution in [0.3, 0.4) is 0 Å². The molecule has 0 bridgehead atoms. The third-order valence-electron chi connectivity index (χ3n) is 2.15. The molecule has 0 heterocycles. The second-order valence-electron chi connectivity index (χ2n) is 3.46. The summed E-state index contributed by atoms with van der Waals surface area (Å²) in [6.07, 6.45) is -0.779. The van der Waals surface area contributed by atoms with Crippen LogP contribution in [0.4, 0.5) is 10.5 Å². The third kappa shape index (κ3) is 3.69. The van der Waals surface area contributed by atoms with Crippen molar-refractivity contribution in [2.45, 2.75) is 11.8 Å². The van der Waals surface area contributed by atoms with Crippen molar-refractivity contribution in [1.82, 2.24) is 0 Å². The smallest absolute Gasteiger partial charge is 0.411 e. The highest BCUT2D eigenvalue weighted by Crippen LogP contribution is 2.21. The fourth-order valence-electron chi connectivity index (χ4n) is 1.34. The number of nitrogens with two attached hydrogens (primary N) is 1. The van der Waals surface area contributed by atoms with Gasteiger partial charge in [0.25, 0.3) is 0 Å². The van der Waals surface area contributed by atoms with Gasteiger partial charge in [-0.2, -0.15) is 0 Å². The van der Waals surface area contributed by atoms with Gasteiger partial charge in [-0.25, -0.2) is 18.4 Å². The van der Waals surface area contributed by atoms with Crippen LogP contribution in [-0.2, 0) is 14.8 Å². The summed E-state index contributed by atoms with van der Waals surface area (Å²) in [5.41, 5.74) is 0.602. The molecule has 0 spiro atoms. The van der Waals surface area contributed by atoms with E-state index in [0.717, 1.165) is 0 Å². The van der Waals surface area contributed by atoms with E-state index in [2.05, 4.69) is 10.1 Å². The van der Waals surface area contributed by atoms with E-state index in [1.807, 2.05) is 0 Å². The van der Waals surface area contributed by atoms with Crippen molar-refractivity contribution >= 4 is 21.8 Å². The van der Waals surface area contributed by atoms with Gasteiger partial charge < -0.3 is 9.84 Å². The summed E-state index contributed by atoms with van der Waals surface area (Å²) in [6.45, 7) is 1.09. The molecule has 1 aromatic carbocycles. The summed E-state index contributed by atoms with van der Waals surface area (Å²) >= 11 is 0. The number of aliphatic hydroxyl groups excluding tert-OH is 1. The summed E-state index contributed by atoms with van der Waals surface area (Å²) in [7, 11) is -3.84. The van der Waals surface area contributed by atoms with Crippen molar-refractivity contribution in [2.75, 3.05) is 18.5 Å². The molecular formula is C10H14N2O5S. The van der Waals surface area contributed by atoms with Crippen LogP contribution < -0.4 is 10.5 Å². The number of rotatable bonds is 4. The molecule has 4 N–H and O–H groups in total. The Balaban J connectivity index is 2.95. The molecule has 0 aliphatic carbocycles. The number of sulfonamides is 1. The van der Waals surface area contributed by atoms with Gasteiger partial charge in [-0.1, -0.05) is 6.07 Å². The number of primary sulfonamides is 1. The minimum absolute atomic E-state index is 0.0672. The largest absolute Gasteiger partial charge is 0.447 e. The molecule has 18 heavy (non-hydrogen) atoms. The van der Waals surface area contributed by atoms with E-state index < -0.39 is 16.1 Å². The maximum Gasteiger partial charge on any atom is 0.411 e. The molecule has 100 valence electrons. The Hall–Kier alpha value is -1.64. The van der Waals surface area contributed by atoms with Gasteiger partial charge in [0.05, 0.1) is 11.5 Å². The van der Waals surface area contributed by atoms with E-state index in [1.54, 1.807) is 0 Å². The summed E-state index contributed by atoms with van der Waals surface area (Å²) in [5.74, 6) is 0. The molecule has 0 aliphatic rings. The lowest BCUT2D eigenvalue weighted by Gasteiger charge is -2.11. The number of amides is 1.